The summed E-state index contributed by atoms with van der Waals surface area (Å²) in [6.45, 7) is 2.75. The minimum Gasteiger partial charge on any atom is -0.330 e. The lowest BCUT2D eigenvalue weighted by molar-refractivity contribution is 0.0223. The summed E-state index contributed by atoms with van der Waals surface area (Å²) in [4.78, 5) is 15.0. The molecule has 1 saturated carbocycles. The van der Waals surface area contributed by atoms with Crippen molar-refractivity contribution in [3.63, 3.8) is 0 Å². The fraction of sp³-hybridized carbons (Fsp3) is 0.643. The second kappa shape index (κ2) is 5.69. The van der Waals surface area contributed by atoms with Gasteiger partial charge in [-0.1, -0.05) is 19.3 Å². The van der Waals surface area contributed by atoms with E-state index in [0.29, 0.717) is 0 Å². The monoisotopic (exact) mass is 390 g/mol. The minimum absolute atomic E-state index is 0.0843. The molecular weight excluding hydrogens is 371 g/mol. The van der Waals surface area contributed by atoms with Gasteiger partial charge in [-0.3, -0.25) is 4.79 Å². The summed E-state index contributed by atoms with van der Waals surface area (Å²) >= 11 is 3.94. The average molecular weight is 390 g/mol. The molecule has 1 aromatic rings. The number of halogens is 1. The van der Waals surface area contributed by atoms with E-state index in [2.05, 4.69) is 32.8 Å². The number of thiophene rings is 1. The Kier molecular flexibility index (Phi) is 4.14. The highest BCUT2D eigenvalue weighted by molar-refractivity contribution is 14.1. The van der Waals surface area contributed by atoms with E-state index in [4.69, 9.17) is 0 Å². The Labute approximate surface area is 131 Å². The highest BCUT2D eigenvalue weighted by Crippen LogP contribution is 2.35. The summed E-state index contributed by atoms with van der Waals surface area (Å²) in [5.74, 6) is 0.238. The molecule has 1 amide bonds. The van der Waals surface area contributed by atoms with Crippen molar-refractivity contribution < 1.29 is 4.79 Å². The summed E-state index contributed by atoms with van der Waals surface area (Å²) in [5.41, 5.74) is 0.960. The predicted molar refractivity (Wildman–Crippen MR) is 86.8 cm³/mol. The van der Waals surface area contributed by atoms with E-state index in [1.165, 1.54) is 22.1 Å². The van der Waals surface area contributed by atoms with Crippen LogP contribution >= 0.6 is 33.9 Å². The van der Waals surface area contributed by atoms with Gasteiger partial charge in [0.2, 0.25) is 0 Å². The van der Waals surface area contributed by atoms with Crippen LogP contribution in [0.3, 0.4) is 0 Å². The topological polar surface area (TPSA) is 32.3 Å². The summed E-state index contributed by atoms with van der Waals surface area (Å²) in [5, 5.41) is 5.50. The average Bonchev–Trinajstić information content (AvgIpc) is 2.86. The number of nitrogens with one attached hydrogen (secondary N) is 1. The van der Waals surface area contributed by atoms with Crippen LogP contribution in [0.2, 0.25) is 0 Å². The zero-order valence-corrected chi connectivity index (χ0v) is 13.9. The third-order valence-electron chi connectivity index (χ3n) is 4.38. The SMILES string of the molecule is O=C(c1csc(I)c1)N1CCNCC12CCCCC2. The number of carbonyl (C=O) groups is 1. The smallest absolute Gasteiger partial charge is 0.255 e. The predicted octanol–water partition coefficient (Wildman–Crippen LogP) is 3.10. The molecule has 1 spiro atoms. The molecule has 0 atom stereocenters. The normalized spacial score (nSPS) is 22.7. The lowest BCUT2D eigenvalue weighted by atomic mass is 9.79. The Balaban J connectivity index is 1.85. The summed E-state index contributed by atoms with van der Waals surface area (Å²) in [6.07, 6.45) is 6.15. The van der Waals surface area contributed by atoms with Crippen LogP contribution < -0.4 is 5.32 Å². The molecule has 3 nitrogen and oxygen atoms in total. The Hall–Kier alpha value is -0.140. The van der Waals surface area contributed by atoms with Gasteiger partial charge in [0.05, 0.1) is 14.0 Å². The molecule has 0 radical (unpaired) electrons. The maximum atomic E-state index is 12.8. The molecule has 0 unspecified atom stereocenters. The maximum absolute atomic E-state index is 12.8. The Morgan fingerprint density at radius 2 is 2.16 bits per heavy atom. The molecule has 1 aliphatic carbocycles. The molecule has 2 heterocycles. The molecule has 5 heteroatoms. The van der Waals surface area contributed by atoms with Crippen molar-refractivity contribution in [3.05, 3.63) is 19.9 Å². The summed E-state index contributed by atoms with van der Waals surface area (Å²) in [7, 11) is 0. The van der Waals surface area contributed by atoms with Crippen molar-refractivity contribution in [1.82, 2.24) is 10.2 Å². The molecule has 3 rings (SSSR count). The Morgan fingerprint density at radius 1 is 1.37 bits per heavy atom. The quantitative estimate of drug-likeness (QED) is 0.748. The minimum atomic E-state index is 0.0843. The number of hydrogen-bond acceptors (Lipinski definition) is 3. The number of hydrogen-bond donors (Lipinski definition) is 1. The second-order valence-electron chi connectivity index (χ2n) is 5.56. The highest BCUT2D eigenvalue weighted by Gasteiger charge is 2.42. The van der Waals surface area contributed by atoms with E-state index in [1.807, 2.05) is 11.4 Å². The van der Waals surface area contributed by atoms with Gasteiger partial charge in [0.25, 0.3) is 5.91 Å². The van der Waals surface area contributed by atoms with Crippen molar-refractivity contribution in [1.29, 1.82) is 0 Å². The van der Waals surface area contributed by atoms with Crippen LogP contribution in [-0.4, -0.2) is 36.0 Å². The highest BCUT2D eigenvalue weighted by atomic mass is 127. The van der Waals surface area contributed by atoms with Gasteiger partial charge in [-0.05, 0) is 41.5 Å². The molecule has 1 N–H and O–H groups in total. The first-order valence-electron chi connectivity index (χ1n) is 6.98. The Bertz CT molecular complexity index is 460. The standard InChI is InChI=1S/C14H19IN2OS/c15-12-8-11(9-19-12)13(18)17-7-6-16-10-14(17)4-2-1-3-5-14/h8-9,16H,1-7,10H2. The molecule has 1 aromatic heterocycles. The van der Waals surface area contributed by atoms with Crippen LogP contribution in [0.25, 0.3) is 0 Å². The Morgan fingerprint density at radius 3 is 2.84 bits per heavy atom. The van der Waals surface area contributed by atoms with E-state index >= 15 is 0 Å². The molecule has 104 valence electrons. The van der Waals surface area contributed by atoms with Gasteiger partial charge in [-0.2, -0.15) is 0 Å². The van der Waals surface area contributed by atoms with E-state index in [-0.39, 0.29) is 11.4 Å². The lowest BCUT2D eigenvalue weighted by Gasteiger charge is -2.49. The van der Waals surface area contributed by atoms with Gasteiger partial charge in [0.15, 0.2) is 0 Å². The van der Waals surface area contributed by atoms with Crippen molar-refractivity contribution in [2.75, 3.05) is 19.6 Å². The molecule has 2 fully saturated rings. The first-order chi connectivity index (χ1) is 9.21. The van der Waals surface area contributed by atoms with Crippen LogP contribution in [0.15, 0.2) is 11.4 Å². The molecule has 0 bridgehead atoms. The molecular formula is C14H19IN2OS. The molecule has 0 aromatic carbocycles. The van der Waals surface area contributed by atoms with Crippen molar-refractivity contribution in [2.45, 2.75) is 37.6 Å². The first-order valence-corrected chi connectivity index (χ1v) is 8.94. The lowest BCUT2D eigenvalue weighted by Crippen LogP contribution is -2.63. The molecule has 19 heavy (non-hydrogen) atoms. The summed E-state index contributed by atoms with van der Waals surface area (Å²) in [6, 6.07) is 2.02. The van der Waals surface area contributed by atoms with Crippen molar-refractivity contribution >= 4 is 39.8 Å². The van der Waals surface area contributed by atoms with E-state index < -0.39 is 0 Å². The number of carbonyl (C=O) groups excluding carboxylic acids is 1. The number of piperazine rings is 1. The van der Waals surface area contributed by atoms with Gasteiger partial charge < -0.3 is 10.2 Å². The van der Waals surface area contributed by atoms with Gasteiger partial charge >= 0.3 is 0 Å². The van der Waals surface area contributed by atoms with Crippen molar-refractivity contribution in [2.24, 2.45) is 0 Å². The van der Waals surface area contributed by atoms with Crippen molar-refractivity contribution in [3.8, 4) is 0 Å². The van der Waals surface area contributed by atoms with Gasteiger partial charge in [-0.15, -0.1) is 11.3 Å². The second-order valence-corrected chi connectivity index (χ2v) is 8.36. The van der Waals surface area contributed by atoms with Gasteiger partial charge in [0.1, 0.15) is 0 Å². The van der Waals surface area contributed by atoms with Gasteiger partial charge in [-0.25, -0.2) is 0 Å². The molecule has 1 aliphatic heterocycles. The van der Waals surface area contributed by atoms with Crippen LogP contribution in [0, 0.1) is 2.88 Å². The van der Waals surface area contributed by atoms with Crippen LogP contribution in [0.1, 0.15) is 42.5 Å². The largest absolute Gasteiger partial charge is 0.330 e. The zero-order chi connectivity index (χ0) is 13.3. The zero-order valence-electron chi connectivity index (χ0n) is 11.0. The van der Waals surface area contributed by atoms with Crippen LogP contribution in [0.4, 0.5) is 0 Å². The van der Waals surface area contributed by atoms with E-state index in [0.717, 1.165) is 38.0 Å². The van der Waals surface area contributed by atoms with Gasteiger partial charge in [0, 0.05) is 25.0 Å². The first kappa shape index (κ1) is 13.8. The van der Waals surface area contributed by atoms with Crippen LogP contribution in [0.5, 0.6) is 0 Å². The van der Waals surface area contributed by atoms with E-state index in [1.54, 1.807) is 11.3 Å². The summed E-state index contributed by atoms with van der Waals surface area (Å²) < 4.78 is 1.19. The number of amides is 1. The van der Waals surface area contributed by atoms with E-state index in [9.17, 15) is 4.79 Å². The maximum Gasteiger partial charge on any atom is 0.255 e. The fourth-order valence-electron chi connectivity index (χ4n) is 3.40. The fourth-order valence-corrected chi connectivity index (χ4v) is 4.72. The molecule has 1 saturated heterocycles. The number of nitrogens with zero attached hydrogens (tertiary/aromatic N) is 1. The third kappa shape index (κ3) is 2.69. The third-order valence-corrected chi connectivity index (χ3v) is 6.17. The number of rotatable bonds is 1. The van der Waals surface area contributed by atoms with Crippen LogP contribution in [-0.2, 0) is 0 Å². The molecule has 2 aliphatic rings.